The zero-order chi connectivity index (χ0) is 36.9. The summed E-state index contributed by atoms with van der Waals surface area (Å²) in [6.07, 6.45) is 0. The van der Waals surface area contributed by atoms with Crippen molar-refractivity contribution < 1.29 is 39.0 Å². The van der Waals surface area contributed by atoms with Gasteiger partial charge in [-0.2, -0.15) is 0 Å². The SMILES string of the molecule is Cc1c(C)c(C)c(C)c(C)c1C.Cc1c(C)c(C)c(C)c(C)c1C.Cc1ccc(S)cc1.Cc1ccc(S)cc1.Cc1ccc(S)cc1.[Ru+3].[Ru+3]. The number of benzene rings is 5. The molecule has 5 rings (SSSR count). The second-order valence-electron chi connectivity index (χ2n) is 13.0. The summed E-state index contributed by atoms with van der Waals surface area (Å²) < 4.78 is 0. The molecule has 0 saturated carbocycles. The Kier molecular flexibility index (Phi) is 24.9. The summed E-state index contributed by atoms with van der Waals surface area (Å²) in [7, 11) is 0. The minimum Gasteiger partial charge on any atom is -0.143 e. The van der Waals surface area contributed by atoms with Crippen LogP contribution in [0.2, 0.25) is 0 Å². The van der Waals surface area contributed by atoms with E-state index < -0.39 is 0 Å². The summed E-state index contributed by atoms with van der Waals surface area (Å²) in [5.41, 5.74) is 21.3. The van der Waals surface area contributed by atoms with Gasteiger partial charge in [-0.15, -0.1) is 37.9 Å². The zero-order valence-corrected chi connectivity index (χ0v) is 39.1. The van der Waals surface area contributed by atoms with Crippen molar-refractivity contribution in [1.82, 2.24) is 0 Å². The predicted octanol–water partition coefficient (Wildman–Crippen LogP) is 13.9. The summed E-state index contributed by atoms with van der Waals surface area (Å²) in [5, 5.41) is 0. The van der Waals surface area contributed by atoms with Crippen molar-refractivity contribution in [3.05, 3.63) is 156 Å². The van der Waals surface area contributed by atoms with Crippen LogP contribution < -0.4 is 0 Å². The summed E-state index contributed by atoms with van der Waals surface area (Å²) in [4.78, 5) is 3.07. The van der Waals surface area contributed by atoms with E-state index in [0.29, 0.717) is 0 Å². The number of aryl methyl sites for hydroxylation is 3. The first-order valence-electron chi connectivity index (χ1n) is 16.6. The van der Waals surface area contributed by atoms with Crippen LogP contribution in [0.15, 0.2) is 87.5 Å². The number of hydrogen-bond acceptors (Lipinski definition) is 3. The zero-order valence-electron chi connectivity index (χ0n) is 33.0. The van der Waals surface area contributed by atoms with Gasteiger partial charge in [0.25, 0.3) is 0 Å². The van der Waals surface area contributed by atoms with Crippen LogP contribution in [0.25, 0.3) is 0 Å². The summed E-state index contributed by atoms with van der Waals surface area (Å²) in [5.74, 6) is 0. The fourth-order valence-electron chi connectivity index (χ4n) is 5.01. The molecule has 0 aromatic heterocycles. The first-order valence-corrected chi connectivity index (χ1v) is 18.0. The summed E-state index contributed by atoms with van der Waals surface area (Å²) in [6.45, 7) is 32.7. The van der Waals surface area contributed by atoms with Gasteiger partial charge < -0.3 is 0 Å². The Hall–Kier alpha value is -1.60. The third-order valence-electron chi connectivity index (χ3n) is 9.85. The maximum absolute atomic E-state index is 4.13. The van der Waals surface area contributed by atoms with Crippen LogP contribution >= 0.6 is 37.9 Å². The van der Waals surface area contributed by atoms with Gasteiger partial charge in [0, 0.05) is 14.7 Å². The van der Waals surface area contributed by atoms with E-state index in [-0.39, 0.29) is 39.0 Å². The molecule has 2 radical (unpaired) electrons. The van der Waals surface area contributed by atoms with Crippen molar-refractivity contribution >= 4 is 37.9 Å². The molecule has 0 saturated heterocycles. The van der Waals surface area contributed by atoms with E-state index in [0.717, 1.165) is 14.7 Å². The molecular formula is C45H60Ru2S3+6. The van der Waals surface area contributed by atoms with Crippen LogP contribution in [0.5, 0.6) is 0 Å². The van der Waals surface area contributed by atoms with Crippen molar-refractivity contribution in [3.8, 4) is 0 Å². The van der Waals surface area contributed by atoms with Crippen molar-refractivity contribution in [2.75, 3.05) is 0 Å². The summed E-state index contributed by atoms with van der Waals surface area (Å²) >= 11 is 12.4. The molecule has 5 aromatic rings. The molecule has 268 valence electrons. The van der Waals surface area contributed by atoms with Crippen LogP contribution in [0.1, 0.15) is 83.5 Å². The quantitative estimate of drug-likeness (QED) is 0.100. The molecule has 0 aliphatic rings. The molecule has 0 fully saturated rings. The normalized spacial score (nSPS) is 9.48. The van der Waals surface area contributed by atoms with Crippen molar-refractivity contribution in [3.63, 3.8) is 0 Å². The predicted molar refractivity (Wildman–Crippen MR) is 225 cm³/mol. The molecule has 0 atom stereocenters. The molecular weight excluding hydrogens is 839 g/mol. The van der Waals surface area contributed by atoms with Crippen molar-refractivity contribution in [1.29, 1.82) is 0 Å². The molecule has 0 heterocycles. The minimum absolute atomic E-state index is 0. The van der Waals surface area contributed by atoms with Gasteiger partial charge in [0.2, 0.25) is 0 Å². The van der Waals surface area contributed by atoms with Gasteiger partial charge in [0.05, 0.1) is 0 Å². The fraction of sp³-hybridized carbons (Fsp3) is 0.333. The molecule has 0 N–H and O–H groups in total. The first kappa shape index (κ1) is 50.5. The van der Waals surface area contributed by atoms with E-state index in [2.05, 4.69) is 142 Å². The van der Waals surface area contributed by atoms with Gasteiger partial charge in [0.1, 0.15) is 0 Å². The van der Waals surface area contributed by atoms with Crippen LogP contribution in [0, 0.1) is 104 Å². The molecule has 0 amide bonds. The largest absolute Gasteiger partial charge is 3.00 e. The van der Waals surface area contributed by atoms with Gasteiger partial charge in [-0.1, -0.05) is 53.1 Å². The van der Waals surface area contributed by atoms with Crippen LogP contribution in [-0.2, 0) is 39.0 Å². The molecule has 0 unspecified atom stereocenters. The maximum atomic E-state index is 4.13. The third kappa shape index (κ3) is 16.4. The van der Waals surface area contributed by atoms with Crippen LogP contribution in [0.3, 0.4) is 0 Å². The topological polar surface area (TPSA) is 0 Å². The van der Waals surface area contributed by atoms with Crippen LogP contribution in [0.4, 0.5) is 0 Å². The molecule has 5 aromatic carbocycles. The smallest absolute Gasteiger partial charge is 0.143 e. The Labute approximate surface area is 348 Å². The second kappa shape index (κ2) is 24.6. The first-order chi connectivity index (χ1) is 22.3. The van der Waals surface area contributed by atoms with Gasteiger partial charge in [-0.25, -0.2) is 0 Å². The van der Waals surface area contributed by atoms with E-state index in [1.54, 1.807) is 0 Å². The van der Waals surface area contributed by atoms with Crippen LogP contribution in [-0.4, -0.2) is 0 Å². The average Bonchev–Trinajstić information content (AvgIpc) is 3.08. The minimum atomic E-state index is 0. The molecule has 0 aliphatic heterocycles. The van der Waals surface area contributed by atoms with Crippen molar-refractivity contribution in [2.45, 2.75) is 119 Å². The molecule has 0 aliphatic carbocycles. The number of thiol groups is 3. The molecule has 0 spiro atoms. The summed E-state index contributed by atoms with van der Waals surface area (Å²) in [6, 6.07) is 24.2. The van der Waals surface area contributed by atoms with E-state index in [1.165, 1.54) is 83.5 Å². The average molecular weight is 899 g/mol. The number of hydrogen-bond donors (Lipinski definition) is 3. The standard InChI is InChI=1S/2C12H18.3C7H8S.2Ru/c2*1-7-8(2)10(4)12(6)11(5)9(7)3;3*1-6-2-4-7(8)5-3-6;;/h2*1-6H3;3*2-5,8H,1H3;;/q;;;;;2*+3. The third-order valence-corrected chi connectivity index (χ3v) is 10.7. The monoisotopic (exact) mass is 900 g/mol. The van der Waals surface area contributed by atoms with E-state index >= 15 is 0 Å². The molecule has 0 nitrogen and oxygen atoms in total. The van der Waals surface area contributed by atoms with E-state index in [9.17, 15) is 0 Å². The number of rotatable bonds is 0. The van der Waals surface area contributed by atoms with E-state index in [4.69, 9.17) is 0 Å². The Morgan fingerprint density at radius 2 is 0.320 bits per heavy atom. The Balaban J connectivity index is 0. The molecule has 50 heavy (non-hydrogen) atoms. The Morgan fingerprint density at radius 3 is 0.400 bits per heavy atom. The van der Waals surface area contributed by atoms with Gasteiger partial charge >= 0.3 is 39.0 Å². The maximum Gasteiger partial charge on any atom is 3.00 e. The fourth-order valence-corrected chi connectivity index (χ4v) is 5.46. The van der Waals surface area contributed by atoms with Gasteiger partial charge in [-0.3, -0.25) is 0 Å². The van der Waals surface area contributed by atoms with Crippen molar-refractivity contribution in [2.24, 2.45) is 0 Å². The Morgan fingerprint density at radius 1 is 0.220 bits per heavy atom. The van der Waals surface area contributed by atoms with Gasteiger partial charge in [0.15, 0.2) is 0 Å². The van der Waals surface area contributed by atoms with Gasteiger partial charge in [-0.05, 0) is 207 Å². The van der Waals surface area contributed by atoms with E-state index in [1.807, 2.05) is 72.8 Å². The second-order valence-corrected chi connectivity index (χ2v) is 14.6. The molecule has 0 bridgehead atoms. The Bertz CT molecular complexity index is 1310. The molecule has 5 heteroatoms.